The lowest BCUT2D eigenvalue weighted by Gasteiger charge is -2.51. The minimum absolute atomic E-state index is 0.183. The Hall–Kier alpha value is -0.340. The van der Waals surface area contributed by atoms with Crippen molar-refractivity contribution in [2.75, 3.05) is 0 Å². The molecule has 4 rings (SSSR count). The molecule has 0 amide bonds. The molecule has 0 N–H and O–H groups in total. The van der Waals surface area contributed by atoms with Crippen LogP contribution in [0.1, 0.15) is 53.4 Å². The second-order valence-corrected chi connectivity index (χ2v) is 7.05. The van der Waals surface area contributed by atoms with Crippen LogP contribution in [0.2, 0.25) is 0 Å². The van der Waals surface area contributed by atoms with Gasteiger partial charge in [-0.15, -0.1) is 0 Å². The molecule has 0 aromatic rings. The third-order valence-electron chi connectivity index (χ3n) is 5.94. The molecular formula is C15H24O2. The van der Waals surface area contributed by atoms with Crippen molar-refractivity contribution in [1.29, 1.82) is 0 Å². The fourth-order valence-corrected chi connectivity index (χ4v) is 4.21. The lowest BCUT2D eigenvalue weighted by atomic mass is 9.58. The van der Waals surface area contributed by atoms with Gasteiger partial charge in [-0.25, -0.2) is 9.78 Å². The van der Waals surface area contributed by atoms with Crippen molar-refractivity contribution >= 4 is 0 Å². The third-order valence-corrected chi connectivity index (χ3v) is 5.94. The summed E-state index contributed by atoms with van der Waals surface area (Å²) in [5, 5.41) is 0. The van der Waals surface area contributed by atoms with Gasteiger partial charge in [-0.1, -0.05) is 33.3 Å². The summed E-state index contributed by atoms with van der Waals surface area (Å²) in [7, 11) is 0. The van der Waals surface area contributed by atoms with Crippen LogP contribution >= 0.6 is 0 Å². The van der Waals surface area contributed by atoms with E-state index in [4.69, 9.17) is 9.78 Å². The molecule has 2 fully saturated rings. The van der Waals surface area contributed by atoms with Gasteiger partial charge < -0.3 is 0 Å². The zero-order valence-corrected chi connectivity index (χ0v) is 11.5. The topological polar surface area (TPSA) is 18.5 Å². The van der Waals surface area contributed by atoms with Crippen molar-refractivity contribution in [1.82, 2.24) is 0 Å². The van der Waals surface area contributed by atoms with Crippen LogP contribution in [0.4, 0.5) is 0 Å². The predicted octanol–water partition coefficient (Wildman–Crippen LogP) is 3.87. The Labute approximate surface area is 104 Å². The first-order chi connectivity index (χ1) is 7.94. The molecule has 4 aliphatic rings. The van der Waals surface area contributed by atoms with Crippen LogP contribution in [0.5, 0.6) is 0 Å². The molecule has 1 saturated heterocycles. The highest BCUT2D eigenvalue weighted by Gasteiger charge is 2.55. The number of hydrogen-bond donors (Lipinski definition) is 0. The van der Waals surface area contributed by atoms with Crippen molar-refractivity contribution < 1.29 is 9.78 Å². The maximum atomic E-state index is 5.55. The average Bonchev–Trinajstić information content (AvgIpc) is 2.55. The highest BCUT2D eigenvalue weighted by Crippen LogP contribution is 2.60. The fourth-order valence-electron chi connectivity index (χ4n) is 4.21. The van der Waals surface area contributed by atoms with E-state index in [-0.39, 0.29) is 12.2 Å². The van der Waals surface area contributed by atoms with Gasteiger partial charge >= 0.3 is 0 Å². The van der Waals surface area contributed by atoms with Crippen LogP contribution in [0.15, 0.2) is 11.6 Å². The van der Waals surface area contributed by atoms with E-state index in [1.54, 1.807) is 0 Å². The summed E-state index contributed by atoms with van der Waals surface area (Å²) < 4.78 is 0. The summed E-state index contributed by atoms with van der Waals surface area (Å²) in [6.45, 7) is 9.50. The van der Waals surface area contributed by atoms with E-state index in [0.717, 1.165) is 6.42 Å². The highest BCUT2D eigenvalue weighted by molar-refractivity contribution is 5.19. The van der Waals surface area contributed by atoms with Crippen molar-refractivity contribution in [2.45, 2.75) is 65.6 Å². The molecular weight excluding hydrogens is 212 g/mol. The van der Waals surface area contributed by atoms with Gasteiger partial charge in [-0.05, 0) is 42.6 Å². The van der Waals surface area contributed by atoms with Crippen LogP contribution in [0, 0.1) is 16.7 Å². The van der Waals surface area contributed by atoms with Crippen molar-refractivity contribution in [3.63, 3.8) is 0 Å². The summed E-state index contributed by atoms with van der Waals surface area (Å²) in [6.07, 6.45) is 7.88. The van der Waals surface area contributed by atoms with Gasteiger partial charge in [0.2, 0.25) is 0 Å². The van der Waals surface area contributed by atoms with E-state index in [1.807, 2.05) is 0 Å². The molecule has 1 saturated carbocycles. The zero-order valence-electron chi connectivity index (χ0n) is 11.5. The zero-order chi connectivity index (χ0) is 12.3. The Morgan fingerprint density at radius 2 is 1.94 bits per heavy atom. The largest absolute Gasteiger partial charge is 0.228 e. The molecule has 4 atom stereocenters. The minimum atomic E-state index is 0.183. The molecule has 0 aromatic carbocycles. The first kappa shape index (κ1) is 11.7. The van der Waals surface area contributed by atoms with E-state index in [1.165, 1.54) is 24.8 Å². The lowest BCUT2D eigenvalue weighted by molar-refractivity contribution is -0.386. The Kier molecular flexibility index (Phi) is 2.47. The van der Waals surface area contributed by atoms with Gasteiger partial charge in [-0.2, -0.15) is 0 Å². The summed E-state index contributed by atoms with van der Waals surface area (Å²) in [5.41, 5.74) is 2.19. The van der Waals surface area contributed by atoms with Gasteiger partial charge in [0, 0.05) is 5.92 Å². The summed E-state index contributed by atoms with van der Waals surface area (Å²) in [6, 6.07) is 0. The van der Waals surface area contributed by atoms with Gasteiger partial charge in [-0.3, -0.25) is 0 Å². The first-order valence-corrected chi connectivity index (χ1v) is 6.94. The van der Waals surface area contributed by atoms with Crippen LogP contribution in [-0.4, -0.2) is 12.2 Å². The SMILES string of the molecule is CC1=C[C@H]2OO[C@@H]1C[C@@H]2[C@]1(C)CCCC1(C)C. The maximum absolute atomic E-state index is 5.55. The Balaban J connectivity index is 1.92. The van der Waals surface area contributed by atoms with Crippen LogP contribution in [0.3, 0.4) is 0 Å². The van der Waals surface area contributed by atoms with Crippen molar-refractivity contribution in [2.24, 2.45) is 16.7 Å². The molecule has 2 aliphatic heterocycles. The number of rotatable bonds is 1. The van der Waals surface area contributed by atoms with Crippen molar-refractivity contribution in [3.05, 3.63) is 11.6 Å². The molecule has 96 valence electrons. The molecule has 2 heterocycles. The Morgan fingerprint density at radius 1 is 1.18 bits per heavy atom. The van der Waals surface area contributed by atoms with Gasteiger partial charge in [0.1, 0.15) is 12.2 Å². The Bertz CT molecular complexity index is 358. The Morgan fingerprint density at radius 3 is 2.41 bits per heavy atom. The normalized spacial score (nSPS) is 48.2. The summed E-state index contributed by atoms with van der Waals surface area (Å²) >= 11 is 0. The number of fused-ring (bicyclic) bond motifs is 2. The predicted molar refractivity (Wildman–Crippen MR) is 67.3 cm³/mol. The number of hydrogen-bond acceptors (Lipinski definition) is 2. The molecule has 0 aromatic heterocycles. The molecule has 2 heteroatoms. The fraction of sp³-hybridized carbons (Fsp3) is 0.867. The van der Waals surface area contributed by atoms with E-state index in [9.17, 15) is 0 Å². The molecule has 2 aliphatic carbocycles. The minimum Gasteiger partial charge on any atom is -0.228 e. The van der Waals surface area contributed by atoms with Crippen LogP contribution in [0.25, 0.3) is 0 Å². The third kappa shape index (κ3) is 1.53. The van der Waals surface area contributed by atoms with Gasteiger partial charge in [0.25, 0.3) is 0 Å². The molecule has 2 bridgehead atoms. The highest BCUT2D eigenvalue weighted by atomic mass is 17.2. The molecule has 17 heavy (non-hydrogen) atoms. The molecule has 2 nitrogen and oxygen atoms in total. The van der Waals surface area contributed by atoms with Gasteiger partial charge in [0.15, 0.2) is 0 Å². The maximum Gasteiger partial charge on any atom is 0.115 e. The average molecular weight is 236 g/mol. The second-order valence-electron chi connectivity index (χ2n) is 7.05. The molecule has 0 radical (unpaired) electrons. The van der Waals surface area contributed by atoms with Crippen LogP contribution in [-0.2, 0) is 9.78 Å². The summed E-state index contributed by atoms with van der Waals surface area (Å²) in [4.78, 5) is 11.0. The van der Waals surface area contributed by atoms with Crippen molar-refractivity contribution in [3.8, 4) is 0 Å². The standard InChI is InChI=1S/C15H24O2/c1-10-8-13-11(9-12(10)16-17-13)15(4)7-5-6-14(15,2)3/h8,11-13H,5-7,9H2,1-4H3/t11-,12+,13+,15-/m0/s1. The van der Waals surface area contributed by atoms with E-state index < -0.39 is 0 Å². The lowest BCUT2D eigenvalue weighted by Crippen LogP contribution is -2.50. The quantitative estimate of drug-likeness (QED) is 0.508. The van der Waals surface area contributed by atoms with E-state index >= 15 is 0 Å². The first-order valence-electron chi connectivity index (χ1n) is 6.94. The van der Waals surface area contributed by atoms with Crippen LogP contribution < -0.4 is 0 Å². The van der Waals surface area contributed by atoms with Gasteiger partial charge in [0.05, 0.1) is 0 Å². The molecule has 0 spiro atoms. The second kappa shape index (κ2) is 3.58. The summed E-state index contributed by atoms with van der Waals surface area (Å²) in [5.74, 6) is 0.627. The monoisotopic (exact) mass is 236 g/mol. The van der Waals surface area contributed by atoms with E-state index in [0.29, 0.717) is 16.7 Å². The molecule has 0 unspecified atom stereocenters. The smallest absolute Gasteiger partial charge is 0.115 e. The van der Waals surface area contributed by atoms with E-state index in [2.05, 4.69) is 33.8 Å².